The molecule has 0 spiro atoms. The number of halogens is 4. The molecular weight excluding hydrogens is 267 g/mol. The average molecular weight is 267 g/mol. The van der Waals surface area contributed by atoms with Gasteiger partial charge >= 0.3 is 35.9 Å². The summed E-state index contributed by atoms with van der Waals surface area (Å²) in [5.41, 5.74) is 0. The molecule has 0 saturated carbocycles. The third-order valence-electron chi connectivity index (χ3n) is 0. The van der Waals surface area contributed by atoms with Gasteiger partial charge in [-0.25, -0.2) is 0 Å². The van der Waals surface area contributed by atoms with Crippen LogP contribution in [0.5, 0.6) is 0 Å². The first kappa shape index (κ1) is 39.7. The second-order valence-corrected chi connectivity index (χ2v) is 0. The van der Waals surface area contributed by atoms with E-state index in [1.165, 1.54) is 0 Å². The van der Waals surface area contributed by atoms with Gasteiger partial charge in [-0.2, -0.15) is 0 Å². The van der Waals surface area contributed by atoms with Gasteiger partial charge in [0.1, 0.15) is 0 Å². The molecule has 10 heavy (non-hydrogen) atoms. The fraction of sp³-hybridized carbons (Fsp3) is 0. The molecule has 0 fully saturated rings. The Morgan fingerprint density at radius 2 is 0.500 bits per heavy atom. The van der Waals surface area contributed by atoms with E-state index in [4.69, 9.17) is 15.5 Å². The van der Waals surface area contributed by atoms with Crippen molar-refractivity contribution in [3.8, 4) is 0 Å². The van der Waals surface area contributed by atoms with Gasteiger partial charge in [-0.05, 0) is 0 Å². The Balaban J connectivity index is -0.00000000500. The van der Waals surface area contributed by atoms with E-state index >= 15 is 0 Å². The van der Waals surface area contributed by atoms with Gasteiger partial charge in [-0.3, -0.25) is 0 Å². The van der Waals surface area contributed by atoms with E-state index in [0.717, 1.165) is 0 Å². The molecule has 0 nitrogen and oxygen atoms in total. The number of hydrogen-bond donors (Lipinski definition) is 0. The van der Waals surface area contributed by atoms with Crippen LogP contribution in [-0.4, -0.2) is 0 Å². The maximum absolute atomic E-state index is 9.08. The van der Waals surface area contributed by atoms with Crippen molar-refractivity contribution in [2.45, 2.75) is 0 Å². The summed E-state index contributed by atoms with van der Waals surface area (Å²) in [6.45, 7) is 0. The molecule has 0 amide bonds. The Morgan fingerprint density at radius 1 is 0.500 bits per heavy atom. The normalized spacial score (nSPS) is 2.40. The van der Waals surface area contributed by atoms with Gasteiger partial charge in [0.05, 0.1) is 0 Å². The smallest absolute Gasteiger partial charge is 0.572 e. The van der Waals surface area contributed by atoms with E-state index in [1.807, 2.05) is 0 Å². The van der Waals surface area contributed by atoms with Crippen LogP contribution in [-0.2, 0) is 69.1 Å². The molecule has 1 radical (unpaired) electrons. The first-order valence-electron chi connectivity index (χ1n) is 0.617. The van der Waals surface area contributed by atoms with Crippen molar-refractivity contribution >= 4 is 52.1 Å². The number of rotatable bonds is 0. The average Bonchev–Trinajstić information content (AvgIpc) is 2.03. The van der Waals surface area contributed by atoms with Crippen molar-refractivity contribution in [3.63, 3.8) is 0 Å². The summed E-state index contributed by atoms with van der Waals surface area (Å²) < 4.78 is 36.3. The summed E-state index contributed by atoms with van der Waals surface area (Å²) in [7, 11) is 0. The van der Waals surface area contributed by atoms with Gasteiger partial charge in [0, 0.05) is 0 Å². The van der Waals surface area contributed by atoms with Gasteiger partial charge < -0.3 is 67.6 Å². The maximum Gasteiger partial charge on any atom is 3.00 e. The minimum Gasteiger partial charge on any atom is -0.572 e. The van der Waals surface area contributed by atoms with Crippen LogP contribution in [0.25, 0.3) is 0 Å². The molecule has 0 N–H and O–H groups in total. The summed E-state index contributed by atoms with van der Waals surface area (Å²) in [5.74, 6) is 0. The number of hydrogen-bond acceptors (Lipinski definition) is 4. The Bertz CT molecular complexity index is 17.2. The van der Waals surface area contributed by atoms with E-state index in [1.54, 1.807) is 0 Å². The molecule has 0 aromatic rings. The Hall–Kier alpha value is 2.24. The van der Waals surface area contributed by atoms with E-state index in [2.05, 4.69) is 52.1 Å². The largest absolute Gasteiger partial charge is 3.00 e. The molecule has 0 aromatic carbocycles. The Morgan fingerprint density at radius 3 is 0.500 bits per heavy atom. The summed E-state index contributed by atoms with van der Waals surface area (Å²) in [5, 5.41) is 0. The van der Waals surface area contributed by atoms with Crippen molar-refractivity contribution in [1.29, 1.82) is 0 Å². The molecule has 0 aliphatic heterocycles. The topological polar surface area (TPSA) is 0 Å². The first-order chi connectivity index (χ1) is 4.00. The van der Waals surface area contributed by atoms with E-state index in [0.29, 0.717) is 0 Å². The first-order valence-corrected chi connectivity index (χ1v) is 1.85. The molecule has 61 valence electrons. The van der Waals surface area contributed by atoms with Crippen LogP contribution in [0, 0.1) is 0 Å². The zero-order chi connectivity index (χ0) is 8.00. The fourth-order valence-corrected chi connectivity index (χ4v) is 0. The standard InChI is InChI=1S/4FS.Fe.Li/c4*1-2;;/q4*-1;+3;+1. The van der Waals surface area contributed by atoms with Crippen LogP contribution >= 0.6 is 0 Å². The van der Waals surface area contributed by atoms with Crippen molar-refractivity contribution in [2.75, 3.05) is 0 Å². The SMILES string of the molecule is F[S-].F[S-].F[S-].F[S-].[Fe+3].[Li+]. The van der Waals surface area contributed by atoms with Crippen LogP contribution in [0.2, 0.25) is 0 Å². The quantitative estimate of drug-likeness (QED) is 0.303. The molecule has 0 bridgehead atoms. The summed E-state index contributed by atoms with van der Waals surface area (Å²) in [4.78, 5) is 0. The zero-order valence-corrected chi connectivity index (χ0v) is 8.87. The van der Waals surface area contributed by atoms with Crippen molar-refractivity contribution < 1.29 is 51.5 Å². The minimum absolute atomic E-state index is 0. The third kappa shape index (κ3) is 175. The molecule has 0 unspecified atom stereocenters. The second-order valence-electron chi connectivity index (χ2n) is 0. The predicted molar refractivity (Wildman–Crippen MR) is 33.9 cm³/mol. The van der Waals surface area contributed by atoms with Crippen LogP contribution in [0.15, 0.2) is 0 Å². The van der Waals surface area contributed by atoms with Crippen molar-refractivity contribution in [3.05, 3.63) is 0 Å². The molecule has 10 heteroatoms. The van der Waals surface area contributed by atoms with Crippen molar-refractivity contribution in [1.82, 2.24) is 0 Å². The predicted octanol–water partition coefficient (Wildman–Crippen LogP) is -1.33. The molecule has 0 aliphatic carbocycles. The van der Waals surface area contributed by atoms with Crippen LogP contribution in [0.3, 0.4) is 0 Å². The fourth-order valence-electron chi connectivity index (χ4n) is 0. The third-order valence-corrected chi connectivity index (χ3v) is 0. The van der Waals surface area contributed by atoms with Crippen LogP contribution in [0.1, 0.15) is 0 Å². The van der Waals surface area contributed by atoms with Gasteiger partial charge in [0.25, 0.3) is 0 Å². The van der Waals surface area contributed by atoms with Crippen LogP contribution in [0.4, 0.5) is 15.5 Å². The summed E-state index contributed by atoms with van der Waals surface area (Å²) in [6.07, 6.45) is 0. The molecule has 0 saturated heterocycles. The Kier molecular flexibility index (Phi) is 935. The Labute approximate surface area is 103 Å². The molecule has 0 rings (SSSR count). The monoisotopic (exact) mass is 267 g/mol. The molecule has 0 aliphatic rings. The van der Waals surface area contributed by atoms with E-state index in [-0.39, 0.29) is 35.9 Å². The van der Waals surface area contributed by atoms with Gasteiger partial charge in [0.15, 0.2) is 0 Å². The van der Waals surface area contributed by atoms with Crippen molar-refractivity contribution in [2.24, 2.45) is 0 Å². The maximum atomic E-state index is 9.08. The zero-order valence-electron chi connectivity index (χ0n) is 4.50. The summed E-state index contributed by atoms with van der Waals surface area (Å²) in [6, 6.07) is 0. The minimum atomic E-state index is 0. The van der Waals surface area contributed by atoms with Gasteiger partial charge in [-0.15, -0.1) is 0 Å². The molecular formula is F4FeLiS4. The van der Waals surface area contributed by atoms with E-state index in [9.17, 15) is 0 Å². The van der Waals surface area contributed by atoms with Gasteiger partial charge in [-0.1, -0.05) is 0 Å². The van der Waals surface area contributed by atoms with Gasteiger partial charge in [0.2, 0.25) is 0 Å². The second kappa shape index (κ2) is 235. The van der Waals surface area contributed by atoms with Crippen LogP contribution < -0.4 is 18.9 Å². The molecule has 0 heterocycles. The summed E-state index contributed by atoms with van der Waals surface area (Å²) >= 11 is 10.3. The molecule has 0 atom stereocenters. The molecule has 0 aromatic heterocycles. The van der Waals surface area contributed by atoms with E-state index < -0.39 is 0 Å².